The Morgan fingerprint density at radius 1 is 1.29 bits per heavy atom. The van der Waals surface area contributed by atoms with E-state index in [1.54, 1.807) is 13.0 Å². The number of carbonyl (C=O) groups excluding carboxylic acids is 2. The van der Waals surface area contributed by atoms with E-state index in [9.17, 15) is 30.0 Å². The smallest absolute Gasteiger partial charge is 0.192 e. The van der Waals surface area contributed by atoms with Crippen LogP contribution in [-0.4, -0.2) is 56.4 Å². The summed E-state index contributed by atoms with van der Waals surface area (Å²) in [7, 11) is 0. The van der Waals surface area contributed by atoms with Gasteiger partial charge in [0.05, 0.1) is 12.2 Å². The second-order valence-corrected chi connectivity index (χ2v) is 9.35. The topological polar surface area (TPSA) is 115 Å². The quantitative estimate of drug-likeness (QED) is 0.563. The maximum atomic E-state index is 12.5. The molecule has 0 aliphatic heterocycles. The van der Waals surface area contributed by atoms with Crippen molar-refractivity contribution in [3.05, 3.63) is 23.8 Å². The summed E-state index contributed by atoms with van der Waals surface area (Å²) in [6, 6.07) is 0. The molecule has 0 aromatic carbocycles. The van der Waals surface area contributed by atoms with Gasteiger partial charge >= 0.3 is 0 Å². The Kier molecular flexibility index (Phi) is 5.47. The lowest BCUT2D eigenvalue weighted by Crippen LogP contribution is -2.59. The first-order valence-corrected chi connectivity index (χ1v) is 10.2. The fourth-order valence-corrected chi connectivity index (χ4v) is 5.85. The zero-order valence-electron chi connectivity index (χ0n) is 16.9. The summed E-state index contributed by atoms with van der Waals surface area (Å²) < 4.78 is 0. The third-order valence-electron chi connectivity index (χ3n) is 8.09. The van der Waals surface area contributed by atoms with Gasteiger partial charge in [0.15, 0.2) is 17.2 Å². The average Bonchev–Trinajstić information content (AvgIpc) is 2.84. The number of Topliss-reactive ketones (excluding diaryl/α,β-unsaturated/α-hetero) is 1. The minimum Gasteiger partial charge on any atom is -0.393 e. The molecule has 0 heterocycles. The third kappa shape index (κ3) is 2.93. The van der Waals surface area contributed by atoms with Crippen molar-refractivity contribution in [3.63, 3.8) is 0 Å². The molecule has 28 heavy (non-hydrogen) atoms. The molecular weight excluding hydrogens is 360 g/mol. The Balaban J connectivity index is 2.03. The van der Waals surface area contributed by atoms with Crippen molar-refractivity contribution in [2.45, 2.75) is 70.7 Å². The zero-order chi connectivity index (χ0) is 20.9. The molecule has 0 radical (unpaired) electrons. The second-order valence-electron chi connectivity index (χ2n) is 9.35. The SMILES string of the molecule is C[C@@H]1[C@@H](O)C[C@@]2(C)[C@H](CCCC3=CC(=O)C=C[C@@]31C)C[C@@H](O)[C@]2(O)C(=O)CO. The summed E-state index contributed by atoms with van der Waals surface area (Å²) in [6.45, 7) is 4.82. The zero-order valence-corrected chi connectivity index (χ0v) is 16.9. The molecular formula is C22H32O6. The summed E-state index contributed by atoms with van der Waals surface area (Å²) in [4.78, 5) is 24.4. The monoisotopic (exact) mass is 392 g/mol. The van der Waals surface area contributed by atoms with E-state index in [4.69, 9.17) is 0 Å². The van der Waals surface area contributed by atoms with Crippen LogP contribution in [0.1, 0.15) is 52.9 Å². The van der Waals surface area contributed by atoms with E-state index < -0.39 is 41.0 Å². The lowest BCUT2D eigenvalue weighted by atomic mass is 9.59. The highest BCUT2D eigenvalue weighted by atomic mass is 16.4. The van der Waals surface area contributed by atoms with Crippen LogP contribution in [0.15, 0.2) is 23.8 Å². The first-order chi connectivity index (χ1) is 13.0. The first kappa shape index (κ1) is 21.4. The molecule has 3 rings (SSSR count). The highest BCUT2D eigenvalue weighted by molar-refractivity contribution is 6.01. The largest absolute Gasteiger partial charge is 0.393 e. The van der Waals surface area contributed by atoms with Gasteiger partial charge in [0.2, 0.25) is 0 Å². The molecule has 0 saturated heterocycles. The number of allylic oxidation sites excluding steroid dienone is 4. The van der Waals surface area contributed by atoms with Crippen LogP contribution >= 0.6 is 0 Å². The van der Waals surface area contributed by atoms with Gasteiger partial charge in [-0.15, -0.1) is 0 Å². The number of aliphatic hydroxyl groups excluding tert-OH is 3. The van der Waals surface area contributed by atoms with Gasteiger partial charge in [-0.25, -0.2) is 0 Å². The number of rotatable bonds is 2. The van der Waals surface area contributed by atoms with E-state index in [-0.39, 0.29) is 30.5 Å². The fourth-order valence-electron chi connectivity index (χ4n) is 5.85. The van der Waals surface area contributed by atoms with Gasteiger partial charge in [-0.1, -0.05) is 32.4 Å². The molecule has 0 spiro atoms. The van der Waals surface area contributed by atoms with Gasteiger partial charge in [0.1, 0.15) is 6.61 Å². The number of hydrogen-bond donors (Lipinski definition) is 4. The molecule has 156 valence electrons. The van der Waals surface area contributed by atoms with Gasteiger partial charge in [-0.05, 0) is 56.1 Å². The van der Waals surface area contributed by atoms with Crippen LogP contribution in [0.5, 0.6) is 0 Å². The normalized spacial score (nSPS) is 46.5. The van der Waals surface area contributed by atoms with Crippen molar-refractivity contribution < 1.29 is 30.0 Å². The molecule has 2 fully saturated rings. The lowest BCUT2D eigenvalue weighted by molar-refractivity contribution is -0.174. The molecule has 0 aromatic heterocycles. The number of aliphatic hydroxyl groups is 4. The van der Waals surface area contributed by atoms with E-state index in [2.05, 4.69) is 0 Å². The number of carbonyl (C=O) groups is 2. The summed E-state index contributed by atoms with van der Waals surface area (Å²) in [5.41, 5.74) is -2.63. The van der Waals surface area contributed by atoms with Crippen LogP contribution in [0, 0.1) is 22.7 Å². The van der Waals surface area contributed by atoms with Crippen molar-refractivity contribution in [3.8, 4) is 0 Å². The minimum absolute atomic E-state index is 0.0460. The molecule has 4 N–H and O–H groups in total. The van der Waals surface area contributed by atoms with Gasteiger partial charge in [-0.3, -0.25) is 9.59 Å². The predicted molar refractivity (Wildman–Crippen MR) is 103 cm³/mol. The molecule has 6 nitrogen and oxygen atoms in total. The molecule has 0 amide bonds. The van der Waals surface area contributed by atoms with E-state index in [1.165, 1.54) is 6.08 Å². The maximum Gasteiger partial charge on any atom is 0.192 e. The maximum absolute atomic E-state index is 12.5. The van der Waals surface area contributed by atoms with Crippen LogP contribution in [0.3, 0.4) is 0 Å². The van der Waals surface area contributed by atoms with Crippen LogP contribution < -0.4 is 0 Å². The lowest BCUT2D eigenvalue weighted by Gasteiger charge is -2.48. The van der Waals surface area contributed by atoms with Gasteiger partial charge in [-0.2, -0.15) is 0 Å². The van der Waals surface area contributed by atoms with Crippen molar-refractivity contribution in [1.29, 1.82) is 0 Å². The second kappa shape index (κ2) is 7.17. The average molecular weight is 392 g/mol. The molecule has 0 unspecified atom stereocenters. The fraction of sp³-hybridized carbons (Fsp3) is 0.727. The molecule has 2 saturated carbocycles. The van der Waals surface area contributed by atoms with Crippen LogP contribution in [-0.2, 0) is 9.59 Å². The molecule has 3 aliphatic rings. The molecule has 6 heteroatoms. The highest BCUT2D eigenvalue weighted by Crippen LogP contribution is 2.58. The van der Waals surface area contributed by atoms with Crippen molar-refractivity contribution >= 4 is 11.6 Å². The minimum atomic E-state index is -2.08. The van der Waals surface area contributed by atoms with Gasteiger partial charge in [0, 0.05) is 10.8 Å². The number of hydrogen-bond acceptors (Lipinski definition) is 6. The molecule has 3 aliphatic carbocycles. The Morgan fingerprint density at radius 2 is 1.96 bits per heavy atom. The van der Waals surface area contributed by atoms with Crippen LogP contribution in [0.4, 0.5) is 0 Å². The molecule has 7 atom stereocenters. The molecule has 0 bridgehead atoms. The van der Waals surface area contributed by atoms with Gasteiger partial charge < -0.3 is 20.4 Å². The van der Waals surface area contributed by atoms with E-state index in [0.29, 0.717) is 12.8 Å². The van der Waals surface area contributed by atoms with Gasteiger partial charge in [0.25, 0.3) is 0 Å². The number of ketones is 2. The Hall–Kier alpha value is -1.34. The summed E-state index contributed by atoms with van der Waals surface area (Å²) in [5.74, 6) is -1.28. The predicted octanol–water partition coefficient (Wildman–Crippen LogP) is 1.31. The van der Waals surface area contributed by atoms with Crippen LogP contribution in [0.2, 0.25) is 0 Å². The van der Waals surface area contributed by atoms with E-state index >= 15 is 0 Å². The van der Waals surface area contributed by atoms with E-state index in [1.807, 2.05) is 19.9 Å². The van der Waals surface area contributed by atoms with Crippen molar-refractivity contribution in [2.24, 2.45) is 22.7 Å². The van der Waals surface area contributed by atoms with Crippen molar-refractivity contribution in [2.75, 3.05) is 6.61 Å². The first-order valence-electron chi connectivity index (χ1n) is 10.2. The standard InChI is InChI=1S/C22H32O6/c1-13-17(25)11-21(3)15(10-18(26)22(21,28)19(27)12-23)6-4-5-14-9-16(24)7-8-20(13,14)2/h7-9,13,15,17-18,23,25-26,28H,4-6,10-12H2,1-3H3/t13-,15-,17+,18-,20-,21+,22+/m1/s1. The summed E-state index contributed by atoms with van der Waals surface area (Å²) in [6.07, 6.45) is 5.38. The summed E-state index contributed by atoms with van der Waals surface area (Å²) >= 11 is 0. The molecule has 0 aromatic rings. The van der Waals surface area contributed by atoms with Crippen molar-refractivity contribution in [1.82, 2.24) is 0 Å². The Bertz CT molecular complexity index is 727. The Labute approximate surface area is 166 Å². The van der Waals surface area contributed by atoms with Crippen LogP contribution in [0.25, 0.3) is 0 Å². The Morgan fingerprint density at radius 3 is 2.61 bits per heavy atom. The summed E-state index contributed by atoms with van der Waals surface area (Å²) in [5, 5.41) is 42.4. The third-order valence-corrected chi connectivity index (χ3v) is 8.09. The highest BCUT2D eigenvalue weighted by Gasteiger charge is 2.65. The number of fused-ring (bicyclic) bond motifs is 2. The van der Waals surface area contributed by atoms with E-state index in [0.717, 1.165) is 12.0 Å².